The minimum atomic E-state index is -0.428. The molecule has 1 unspecified atom stereocenters. The number of hydrogen-bond acceptors (Lipinski definition) is 3. The van der Waals surface area contributed by atoms with Crippen LogP contribution < -0.4 is 5.32 Å². The number of rotatable bonds is 4. The summed E-state index contributed by atoms with van der Waals surface area (Å²) in [7, 11) is 0. The summed E-state index contributed by atoms with van der Waals surface area (Å²) in [4.78, 5) is 13.8. The summed E-state index contributed by atoms with van der Waals surface area (Å²) >= 11 is 3.57. The largest absolute Gasteiger partial charge is 0.444 e. The highest BCUT2D eigenvalue weighted by Gasteiger charge is 2.29. The lowest BCUT2D eigenvalue weighted by Gasteiger charge is -2.24. The van der Waals surface area contributed by atoms with E-state index in [2.05, 4.69) is 39.4 Å². The van der Waals surface area contributed by atoms with Gasteiger partial charge in [0, 0.05) is 23.6 Å². The van der Waals surface area contributed by atoms with Crippen LogP contribution >= 0.6 is 15.9 Å². The highest BCUT2D eigenvalue weighted by atomic mass is 79.9. The molecule has 1 saturated heterocycles. The maximum Gasteiger partial charge on any atom is 0.410 e. The molecule has 4 nitrogen and oxygen atoms in total. The fourth-order valence-electron chi connectivity index (χ4n) is 2.53. The zero-order valence-electron chi connectivity index (χ0n) is 13.6. The molecule has 122 valence electrons. The number of carbonyl (C=O) groups excluding carboxylic acids is 1. The van der Waals surface area contributed by atoms with Crippen LogP contribution in [-0.2, 0) is 11.2 Å². The molecule has 1 aliphatic heterocycles. The predicted molar refractivity (Wildman–Crippen MR) is 92.1 cm³/mol. The predicted octanol–water partition coefficient (Wildman–Crippen LogP) is 3.59. The Morgan fingerprint density at radius 1 is 1.41 bits per heavy atom. The first-order valence-electron chi connectivity index (χ1n) is 7.80. The van der Waals surface area contributed by atoms with Crippen LogP contribution in [0, 0.1) is 0 Å². The van der Waals surface area contributed by atoms with Crippen LogP contribution in [0.15, 0.2) is 28.7 Å². The van der Waals surface area contributed by atoms with E-state index in [1.54, 1.807) is 4.90 Å². The summed E-state index contributed by atoms with van der Waals surface area (Å²) in [5.74, 6) is 0. The van der Waals surface area contributed by atoms with Gasteiger partial charge in [-0.25, -0.2) is 4.79 Å². The molecule has 1 atom stereocenters. The molecule has 0 radical (unpaired) electrons. The molecule has 5 heteroatoms. The molecular formula is C17H25BrN2O2. The van der Waals surface area contributed by atoms with Crippen molar-refractivity contribution >= 4 is 22.0 Å². The minimum absolute atomic E-state index is 0.206. The van der Waals surface area contributed by atoms with Crippen LogP contribution in [0.3, 0.4) is 0 Å². The van der Waals surface area contributed by atoms with E-state index in [-0.39, 0.29) is 6.09 Å². The van der Waals surface area contributed by atoms with E-state index in [1.165, 1.54) is 5.56 Å². The van der Waals surface area contributed by atoms with Gasteiger partial charge in [-0.2, -0.15) is 0 Å². The van der Waals surface area contributed by atoms with Gasteiger partial charge in [-0.05, 0) is 51.8 Å². The van der Waals surface area contributed by atoms with E-state index in [9.17, 15) is 4.79 Å². The van der Waals surface area contributed by atoms with Crippen molar-refractivity contribution in [1.82, 2.24) is 10.2 Å². The molecule has 0 aromatic heterocycles. The van der Waals surface area contributed by atoms with Gasteiger partial charge < -0.3 is 15.0 Å². The van der Waals surface area contributed by atoms with Crippen molar-refractivity contribution in [3.63, 3.8) is 0 Å². The molecule has 1 aromatic rings. The molecule has 0 bridgehead atoms. The number of amides is 1. The Bertz CT molecular complexity index is 514. The Labute approximate surface area is 141 Å². The monoisotopic (exact) mass is 368 g/mol. The third kappa shape index (κ3) is 5.29. The van der Waals surface area contributed by atoms with Crippen molar-refractivity contribution in [2.24, 2.45) is 0 Å². The summed E-state index contributed by atoms with van der Waals surface area (Å²) in [6.07, 6.45) is 1.75. The van der Waals surface area contributed by atoms with Gasteiger partial charge in [-0.15, -0.1) is 0 Å². The number of carbonyl (C=O) groups is 1. The lowest BCUT2D eigenvalue weighted by atomic mass is 10.1. The lowest BCUT2D eigenvalue weighted by Crippen LogP contribution is -2.38. The van der Waals surface area contributed by atoms with Crippen LogP contribution in [-0.4, -0.2) is 42.3 Å². The highest BCUT2D eigenvalue weighted by Crippen LogP contribution is 2.17. The van der Waals surface area contributed by atoms with E-state index in [4.69, 9.17) is 4.74 Å². The van der Waals surface area contributed by atoms with Gasteiger partial charge in [-0.1, -0.05) is 34.1 Å². The molecule has 1 amide bonds. The van der Waals surface area contributed by atoms with E-state index >= 15 is 0 Å². The smallest absolute Gasteiger partial charge is 0.410 e. The molecule has 1 fully saturated rings. The maximum absolute atomic E-state index is 12.0. The lowest BCUT2D eigenvalue weighted by molar-refractivity contribution is 0.0291. The first-order chi connectivity index (χ1) is 10.3. The van der Waals surface area contributed by atoms with Gasteiger partial charge in [-0.3, -0.25) is 0 Å². The molecule has 0 spiro atoms. The number of benzene rings is 1. The molecule has 1 N–H and O–H groups in total. The maximum atomic E-state index is 12.0. The Morgan fingerprint density at radius 3 is 2.82 bits per heavy atom. The van der Waals surface area contributed by atoms with E-state index in [1.807, 2.05) is 26.8 Å². The average Bonchev–Trinajstić information content (AvgIpc) is 2.88. The molecule has 22 heavy (non-hydrogen) atoms. The third-order valence-electron chi connectivity index (χ3n) is 3.63. The summed E-state index contributed by atoms with van der Waals surface area (Å²) < 4.78 is 6.56. The van der Waals surface area contributed by atoms with Gasteiger partial charge in [0.1, 0.15) is 5.60 Å². The molecule has 2 rings (SSSR count). The van der Waals surface area contributed by atoms with E-state index in [0.29, 0.717) is 6.04 Å². The minimum Gasteiger partial charge on any atom is -0.444 e. The van der Waals surface area contributed by atoms with Crippen molar-refractivity contribution in [3.05, 3.63) is 34.3 Å². The van der Waals surface area contributed by atoms with Gasteiger partial charge >= 0.3 is 6.09 Å². The van der Waals surface area contributed by atoms with Crippen molar-refractivity contribution in [1.29, 1.82) is 0 Å². The third-order valence-corrected chi connectivity index (χ3v) is 4.40. The Hall–Kier alpha value is -1.07. The second-order valence-corrected chi connectivity index (χ2v) is 7.56. The molecular weight excluding hydrogens is 344 g/mol. The number of halogens is 1. The van der Waals surface area contributed by atoms with Gasteiger partial charge in [0.05, 0.1) is 0 Å². The number of nitrogens with zero attached hydrogens (tertiary/aromatic N) is 1. The Balaban J connectivity index is 1.73. The van der Waals surface area contributed by atoms with Crippen molar-refractivity contribution in [3.8, 4) is 0 Å². The molecule has 1 heterocycles. The Kier molecular flexibility index (Phi) is 5.87. The Morgan fingerprint density at radius 2 is 2.14 bits per heavy atom. The van der Waals surface area contributed by atoms with Crippen LogP contribution in [0.2, 0.25) is 0 Å². The van der Waals surface area contributed by atoms with Crippen molar-refractivity contribution < 1.29 is 9.53 Å². The van der Waals surface area contributed by atoms with E-state index in [0.717, 1.165) is 36.9 Å². The number of ether oxygens (including phenoxy) is 1. The summed E-state index contributed by atoms with van der Waals surface area (Å²) in [5, 5.41) is 3.53. The van der Waals surface area contributed by atoms with Crippen LogP contribution in [0.5, 0.6) is 0 Å². The molecule has 0 aliphatic carbocycles. The summed E-state index contributed by atoms with van der Waals surface area (Å²) in [6.45, 7) is 8.10. The second kappa shape index (κ2) is 7.47. The standard InChI is InChI=1S/C17H25BrN2O2/c1-17(2,3)22-16(21)20-11-9-14(12-20)19-10-8-13-6-4-5-7-15(13)18/h4-7,14,19H,8-12H2,1-3H3. The second-order valence-electron chi connectivity index (χ2n) is 6.71. The van der Waals surface area contributed by atoms with Gasteiger partial charge in [0.2, 0.25) is 0 Å². The summed E-state index contributed by atoms with van der Waals surface area (Å²) in [5.41, 5.74) is 0.874. The quantitative estimate of drug-likeness (QED) is 0.882. The fraction of sp³-hybridized carbons (Fsp3) is 0.588. The van der Waals surface area contributed by atoms with Crippen molar-refractivity contribution in [2.75, 3.05) is 19.6 Å². The first kappa shape index (κ1) is 17.3. The molecule has 0 saturated carbocycles. The average molecular weight is 369 g/mol. The van der Waals surface area contributed by atoms with Gasteiger partial charge in [0.15, 0.2) is 0 Å². The van der Waals surface area contributed by atoms with Crippen molar-refractivity contribution in [2.45, 2.75) is 45.3 Å². The number of likely N-dealkylation sites (tertiary alicyclic amines) is 1. The van der Waals surface area contributed by atoms with Crippen LogP contribution in [0.25, 0.3) is 0 Å². The zero-order valence-corrected chi connectivity index (χ0v) is 15.1. The topological polar surface area (TPSA) is 41.6 Å². The fourth-order valence-corrected chi connectivity index (χ4v) is 3.01. The molecule has 1 aromatic carbocycles. The normalized spacial score (nSPS) is 18.5. The van der Waals surface area contributed by atoms with Gasteiger partial charge in [0.25, 0.3) is 0 Å². The first-order valence-corrected chi connectivity index (χ1v) is 8.59. The highest BCUT2D eigenvalue weighted by molar-refractivity contribution is 9.10. The number of nitrogens with one attached hydrogen (secondary N) is 1. The zero-order chi connectivity index (χ0) is 16.2. The van der Waals surface area contributed by atoms with Crippen LogP contribution in [0.1, 0.15) is 32.8 Å². The number of hydrogen-bond donors (Lipinski definition) is 1. The summed E-state index contributed by atoms with van der Waals surface area (Å²) in [6, 6.07) is 8.63. The molecule has 1 aliphatic rings. The van der Waals surface area contributed by atoms with E-state index < -0.39 is 5.60 Å². The van der Waals surface area contributed by atoms with Crippen LogP contribution in [0.4, 0.5) is 4.79 Å². The SMILES string of the molecule is CC(C)(C)OC(=O)N1CCC(NCCc2ccccc2Br)C1.